The molecule has 6 heteroatoms. The molecule has 22 heavy (non-hydrogen) atoms. The van der Waals surface area contributed by atoms with Gasteiger partial charge in [0.05, 0.1) is 0 Å². The molecule has 1 aliphatic rings. The number of aryl methyl sites for hydroxylation is 1. The number of hydrogen-bond donors (Lipinski definition) is 1. The van der Waals surface area contributed by atoms with E-state index in [-0.39, 0.29) is 31.8 Å². The van der Waals surface area contributed by atoms with Crippen LogP contribution in [0.15, 0.2) is 18.2 Å². The number of benzene rings is 1. The third-order valence-corrected chi connectivity index (χ3v) is 4.44. The Labute approximate surface area is 127 Å². The summed E-state index contributed by atoms with van der Waals surface area (Å²) in [5.41, 5.74) is 2.49. The van der Waals surface area contributed by atoms with E-state index < -0.39 is 18.2 Å². The zero-order valence-corrected chi connectivity index (χ0v) is 12.7. The number of aliphatic hydroxyl groups is 1. The summed E-state index contributed by atoms with van der Waals surface area (Å²) in [6.45, 7) is 4.26. The van der Waals surface area contributed by atoms with Gasteiger partial charge in [-0.3, -0.25) is 4.79 Å². The maximum atomic E-state index is 12.5. The highest BCUT2D eigenvalue weighted by atomic mass is 19.4. The van der Waals surface area contributed by atoms with E-state index >= 15 is 0 Å². The number of carbonyl (C=O) groups is 1. The molecule has 1 fully saturated rings. The van der Waals surface area contributed by atoms with Crippen molar-refractivity contribution in [1.29, 1.82) is 0 Å². The second-order valence-corrected chi connectivity index (χ2v) is 5.86. The van der Waals surface area contributed by atoms with E-state index in [9.17, 15) is 23.1 Å². The number of rotatable bonds is 2. The SMILES string of the molecule is Cc1cccc(C(=O)N2CCC(C(O)C(F)(F)F)CC2)c1C. The summed E-state index contributed by atoms with van der Waals surface area (Å²) >= 11 is 0. The summed E-state index contributed by atoms with van der Waals surface area (Å²) in [7, 11) is 0. The molecule has 0 spiro atoms. The van der Waals surface area contributed by atoms with E-state index in [1.165, 1.54) is 0 Å². The van der Waals surface area contributed by atoms with Gasteiger partial charge in [-0.05, 0) is 49.8 Å². The third kappa shape index (κ3) is 3.43. The molecule has 122 valence electrons. The van der Waals surface area contributed by atoms with Gasteiger partial charge in [0.25, 0.3) is 5.91 Å². The Morgan fingerprint density at radius 1 is 1.27 bits per heavy atom. The lowest BCUT2D eigenvalue weighted by molar-refractivity contribution is -0.222. The summed E-state index contributed by atoms with van der Waals surface area (Å²) in [5, 5.41) is 9.30. The second-order valence-electron chi connectivity index (χ2n) is 5.86. The summed E-state index contributed by atoms with van der Waals surface area (Å²) in [6.07, 6.45) is -6.57. The molecule has 1 aliphatic heterocycles. The quantitative estimate of drug-likeness (QED) is 0.911. The van der Waals surface area contributed by atoms with Crippen molar-refractivity contribution in [2.45, 2.75) is 39.0 Å². The van der Waals surface area contributed by atoms with Crippen molar-refractivity contribution in [2.75, 3.05) is 13.1 Å². The van der Waals surface area contributed by atoms with Crippen LogP contribution in [-0.4, -0.2) is 41.3 Å². The number of likely N-dealkylation sites (tertiary alicyclic amines) is 1. The van der Waals surface area contributed by atoms with Crippen LogP contribution in [-0.2, 0) is 0 Å². The van der Waals surface area contributed by atoms with Gasteiger partial charge in [-0.15, -0.1) is 0 Å². The number of amides is 1. The van der Waals surface area contributed by atoms with Crippen LogP contribution in [0.1, 0.15) is 34.3 Å². The standard InChI is InChI=1S/C16H20F3NO2/c1-10-4-3-5-13(11(10)2)15(22)20-8-6-12(7-9-20)14(21)16(17,18)19/h3-5,12,14,21H,6-9H2,1-2H3. The first-order valence-corrected chi connectivity index (χ1v) is 7.32. The zero-order valence-electron chi connectivity index (χ0n) is 12.7. The highest BCUT2D eigenvalue weighted by molar-refractivity contribution is 5.96. The monoisotopic (exact) mass is 315 g/mol. The van der Waals surface area contributed by atoms with Gasteiger partial charge in [0.1, 0.15) is 0 Å². The molecule has 1 amide bonds. The van der Waals surface area contributed by atoms with Crippen LogP contribution >= 0.6 is 0 Å². The normalized spacial score (nSPS) is 18.4. The predicted octanol–water partition coefficient (Wildman–Crippen LogP) is 3.08. The Hall–Kier alpha value is -1.56. The van der Waals surface area contributed by atoms with E-state index in [2.05, 4.69) is 0 Å². The fourth-order valence-electron chi connectivity index (χ4n) is 2.84. The topological polar surface area (TPSA) is 40.5 Å². The van der Waals surface area contributed by atoms with E-state index in [0.29, 0.717) is 5.56 Å². The predicted molar refractivity (Wildman–Crippen MR) is 76.6 cm³/mol. The first-order chi connectivity index (χ1) is 10.2. The molecule has 0 saturated carbocycles. The number of piperidine rings is 1. The second kappa shape index (κ2) is 6.28. The number of nitrogens with zero attached hydrogens (tertiary/aromatic N) is 1. The molecule has 2 rings (SSSR count). The summed E-state index contributed by atoms with van der Waals surface area (Å²) < 4.78 is 37.6. The van der Waals surface area contributed by atoms with Gasteiger partial charge in [-0.1, -0.05) is 12.1 Å². The molecule has 1 aromatic rings. The fourth-order valence-corrected chi connectivity index (χ4v) is 2.84. The van der Waals surface area contributed by atoms with Crippen molar-refractivity contribution >= 4 is 5.91 Å². The smallest absolute Gasteiger partial charge is 0.383 e. The lowest BCUT2D eigenvalue weighted by Gasteiger charge is -2.35. The van der Waals surface area contributed by atoms with E-state index in [1.54, 1.807) is 17.0 Å². The van der Waals surface area contributed by atoms with Crippen molar-refractivity contribution in [3.63, 3.8) is 0 Å². The van der Waals surface area contributed by atoms with E-state index in [0.717, 1.165) is 11.1 Å². The summed E-state index contributed by atoms with van der Waals surface area (Å²) in [5.74, 6) is -0.983. The minimum Gasteiger partial charge on any atom is -0.383 e. The van der Waals surface area contributed by atoms with Crippen LogP contribution in [0, 0.1) is 19.8 Å². The van der Waals surface area contributed by atoms with Crippen molar-refractivity contribution in [3.05, 3.63) is 34.9 Å². The molecule has 0 aromatic heterocycles. The van der Waals surface area contributed by atoms with Crippen LogP contribution in [0.3, 0.4) is 0 Å². The minimum absolute atomic E-state index is 0.152. The first kappa shape index (κ1) is 16.8. The number of aliphatic hydroxyl groups excluding tert-OH is 1. The van der Waals surface area contributed by atoms with Crippen molar-refractivity contribution in [2.24, 2.45) is 5.92 Å². The highest BCUT2D eigenvalue weighted by Crippen LogP contribution is 2.32. The number of halogens is 3. The van der Waals surface area contributed by atoms with Crippen molar-refractivity contribution < 1.29 is 23.1 Å². The largest absolute Gasteiger partial charge is 0.414 e. The third-order valence-electron chi connectivity index (χ3n) is 4.44. The molecule has 1 atom stereocenters. The van der Waals surface area contributed by atoms with Crippen LogP contribution < -0.4 is 0 Å². The molecular weight excluding hydrogens is 295 g/mol. The van der Waals surface area contributed by atoms with Gasteiger partial charge < -0.3 is 10.0 Å². The van der Waals surface area contributed by atoms with Crippen LogP contribution in [0.2, 0.25) is 0 Å². The Kier molecular flexibility index (Phi) is 4.80. The van der Waals surface area contributed by atoms with Gasteiger partial charge in [-0.25, -0.2) is 0 Å². The van der Waals surface area contributed by atoms with Crippen molar-refractivity contribution in [1.82, 2.24) is 4.90 Å². The average molecular weight is 315 g/mol. The van der Waals surface area contributed by atoms with E-state index in [1.807, 2.05) is 19.9 Å². The minimum atomic E-state index is -4.59. The van der Waals surface area contributed by atoms with Gasteiger partial charge in [-0.2, -0.15) is 13.2 Å². The molecule has 1 N–H and O–H groups in total. The molecule has 0 aliphatic carbocycles. The number of carbonyl (C=O) groups excluding carboxylic acids is 1. The van der Waals surface area contributed by atoms with Crippen LogP contribution in [0.5, 0.6) is 0 Å². The number of alkyl halides is 3. The van der Waals surface area contributed by atoms with Gasteiger partial charge >= 0.3 is 6.18 Å². The Morgan fingerprint density at radius 3 is 2.41 bits per heavy atom. The average Bonchev–Trinajstić information content (AvgIpc) is 2.48. The maximum Gasteiger partial charge on any atom is 0.414 e. The van der Waals surface area contributed by atoms with Crippen LogP contribution in [0.25, 0.3) is 0 Å². The molecular formula is C16H20F3NO2. The first-order valence-electron chi connectivity index (χ1n) is 7.32. The van der Waals surface area contributed by atoms with Gasteiger partial charge in [0.2, 0.25) is 0 Å². The lowest BCUT2D eigenvalue weighted by Crippen LogP contribution is -2.45. The molecule has 1 saturated heterocycles. The molecule has 0 radical (unpaired) electrons. The lowest BCUT2D eigenvalue weighted by atomic mass is 9.90. The molecule has 1 heterocycles. The fraction of sp³-hybridized carbons (Fsp3) is 0.562. The highest BCUT2D eigenvalue weighted by Gasteiger charge is 2.44. The number of hydrogen-bond acceptors (Lipinski definition) is 2. The van der Waals surface area contributed by atoms with Gasteiger partial charge in [0, 0.05) is 18.7 Å². The summed E-state index contributed by atoms with van der Waals surface area (Å²) in [6, 6.07) is 5.45. The van der Waals surface area contributed by atoms with Crippen LogP contribution in [0.4, 0.5) is 13.2 Å². The zero-order chi connectivity index (χ0) is 16.5. The molecule has 1 unspecified atom stereocenters. The van der Waals surface area contributed by atoms with E-state index in [4.69, 9.17) is 0 Å². The summed E-state index contributed by atoms with van der Waals surface area (Å²) in [4.78, 5) is 14.1. The molecule has 1 aromatic carbocycles. The molecule has 3 nitrogen and oxygen atoms in total. The Balaban J connectivity index is 2.03. The Bertz CT molecular complexity index is 549. The molecule has 0 bridgehead atoms. The maximum absolute atomic E-state index is 12.5. The van der Waals surface area contributed by atoms with Gasteiger partial charge in [0.15, 0.2) is 6.10 Å². The van der Waals surface area contributed by atoms with Crippen molar-refractivity contribution in [3.8, 4) is 0 Å². The Morgan fingerprint density at radius 2 is 1.86 bits per heavy atom.